The fourth-order valence-electron chi connectivity index (χ4n) is 5.40. The SMILES string of the molecule is CN1CC(CCOc2ccc([C@@H]3c4ccc(O)cc4CC[C@@H]3c3ccccc3)cc2)C1. The molecule has 0 saturated carbocycles. The van der Waals surface area contributed by atoms with Crippen LogP contribution < -0.4 is 4.74 Å². The molecule has 2 atom stereocenters. The van der Waals surface area contributed by atoms with Crippen molar-refractivity contribution in [2.24, 2.45) is 5.92 Å². The normalized spacial score (nSPS) is 21.3. The predicted molar refractivity (Wildman–Crippen MR) is 125 cm³/mol. The number of aromatic hydroxyl groups is 1. The lowest BCUT2D eigenvalue weighted by Crippen LogP contribution is -2.44. The minimum atomic E-state index is 0.284. The van der Waals surface area contributed by atoms with Gasteiger partial charge in [0, 0.05) is 19.0 Å². The van der Waals surface area contributed by atoms with Crippen molar-refractivity contribution in [3.05, 3.63) is 95.1 Å². The zero-order valence-corrected chi connectivity index (χ0v) is 18.2. The quantitative estimate of drug-likeness (QED) is 0.572. The summed E-state index contributed by atoms with van der Waals surface area (Å²) in [5, 5.41) is 10.0. The Balaban J connectivity index is 1.37. The van der Waals surface area contributed by atoms with E-state index in [1.54, 1.807) is 0 Å². The van der Waals surface area contributed by atoms with Gasteiger partial charge in [-0.15, -0.1) is 0 Å². The van der Waals surface area contributed by atoms with Crippen molar-refractivity contribution in [3.8, 4) is 11.5 Å². The molecular weight excluding hydrogens is 382 g/mol. The molecule has 1 fully saturated rings. The molecular formula is C28H31NO2. The Hall–Kier alpha value is -2.78. The van der Waals surface area contributed by atoms with Crippen LogP contribution in [0.3, 0.4) is 0 Å². The highest BCUT2D eigenvalue weighted by molar-refractivity contribution is 5.48. The van der Waals surface area contributed by atoms with Crippen LogP contribution in [0, 0.1) is 5.92 Å². The molecule has 2 aliphatic rings. The first-order valence-corrected chi connectivity index (χ1v) is 11.5. The van der Waals surface area contributed by atoms with Gasteiger partial charge in [-0.05, 0) is 84.7 Å². The molecule has 1 saturated heterocycles. The zero-order valence-electron chi connectivity index (χ0n) is 18.2. The van der Waals surface area contributed by atoms with Gasteiger partial charge in [0.25, 0.3) is 0 Å². The van der Waals surface area contributed by atoms with Gasteiger partial charge in [-0.1, -0.05) is 48.5 Å². The van der Waals surface area contributed by atoms with Gasteiger partial charge in [0.05, 0.1) is 6.61 Å². The summed E-state index contributed by atoms with van der Waals surface area (Å²) in [5.74, 6) is 2.81. The highest BCUT2D eigenvalue weighted by Gasteiger charge is 2.32. The van der Waals surface area contributed by atoms with E-state index in [0.29, 0.717) is 11.7 Å². The molecule has 0 spiro atoms. The maximum absolute atomic E-state index is 10.0. The lowest BCUT2D eigenvalue weighted by Gasteiger charge is -2.36. The molecule has 0 aromatic heterocycles. The maximum Gasteiger partial charge on any atom is 0.119 e. The highest BCUT2D eigenvalue weighted by Crippen LogP contribution is 2.47. The molecule has 1 N–H and O–H groups in total. The van der Waals surface area contributed by atoms with Crippen LogP contribution in [-0.2, 0) is 6.42 Å². The number of phenols is 1. The lowest BCUT2D eigenvalue weighted by molar-refractivity contribution is 0.110. The standard InChI is InChI=1S/C28H31NO2/c1-29-18-20(19-29)15-16-31-25-11-7-22(8-12-25)28-26(21-5-3-2-4-6-21)13-9-23-17-24(30)10-14-27(23)28/h2-8,10-12,14,17,20,26,28,30H,9,13,15-16,18-19H2,1H3/t26-,28+/m1/s1. The maximum atomic E-state index is 10.0. The number of hydrogen-bond donors (Lipinski definition) is 1. The van der Waals surface area contributed by atoms with E-state index in [2.05, 4.69) is 72.6 Å². The summed E-state index contributed by atoms with van der Waals surface area (Å²) >= 11 is 0. The third kappa shape index (κ3) is 4.33. The monoisotopic (exact) mass is 413 g/mol. The van der Waals surface area contributed by atoms with Crippen LogP contribution in [0.2, 0.25) is 0 Å². The van der Waals surface area contributed by atoms with Gasteiger partial charge in [0.2, 0.25) is 0 Å². The fourth-order valence-corrected chi connectivity index (χ4v) is 5.40. The molecule has 1 aliphatic carbocycles. The van der Waals surface area contributed by atoms with Crippen LogP contribution in [0.15, 0.2) is 72.8 Å². The van der Waals surface area contributed by atoms with E-state index in [1.807, 2.05) is 12.1 Å². The van der Waals surface area contributed by atoms with Gasteiger partial charge in [0.15, 0.2) is 0 Å². The lowest BCUT2D eigenvalue weighted by atomic mass is 9.69. The molecule has 1 heterocycles. The second-order valence-electron chi connectivity index (χ2n) is 9.21. The van der Waals surface area contributed by atoms with Crippen LogP contribution in [0.25, 0.3) is 0 Å². The summed E-state index contributed by atoms with van der Waals surface area (Å²) in [6.45, 7) is 3.18. The second kappa shape index (κ2) is 8.76. The first kappa shape index (κ1) is 20.1. The number of likely N-dealkylation sites (tertiary alicyclic amines) is 1. The summed E-state index contributed by atoms with van der Waals surface area (Å²) in [6, 6.07) is 25.4. The molecule has 3 nitrogen and oxygen atoms in total. The van der Waals surface area contributed by atoms with E-state index in [4.69, 9.17) is 4.74 Å². The Bertz CT molecular complexity index is 1010. The van der Waals surface area contributed by atoms with Crippen molar-refractivity contribution < 1.29 is 9.84 Å². The van der Waals surface area contributed by atoms with Gasteiger partial charge in [-0.2, -0.15) is 0 Å². The Morgan fingerprint density at radius 2 is 1.71 bits per heavy atom. The number of benzene rings is 3. The summed E-state index contributed by atoms with van der Waals surface area (Å²) < 4.78 is 6.04. The van der Waals surface area contributed by atoms with Crippen molar-refractivity contribution in [1.29, 1.82) is 0 Å². The fraction of sp³-hybridized carbons (Fsp3) is 0.357. The number of rotatable bonds is 6. The molecule has 3 heteroatoms. The van der Waals surface area contributed by atoms with Crippen molar-refractivity contribution >= 4 is 0 Å². The summed E-state index contributed by atoms with van der Waals surface area (Å²) in [6.07, 6.45) is 3.21. The Kier molecular flexibility index (Phi) is 5.69. The molecule has 3 aromatic rings. The van der Waals surface area contributed by atoms with Crippen LogP contribution in [0.5, 0.6) is 11.5 Å². The zero-order chi connectivity index (χ0) is 21.2. The third-order valence-electron chi connectivity index (χ3n) is 6.99. The van der Waals surface area contributed by atoms with Gasteiger partial charge >= 0.3 is 0 Å². The van der Waals surface area contributed by atoms with Crippen molar-refractivity contribution in [2.45, 2.75) is 31.1 Å². The van der Waals surface area contributed by atoms with E-state index < -0.39 is 0 Å². The van der Waals surface area contributed by atoms with Crippen LogP contribution in [-0.4, -0.2) is 36.8 Å². The number of hydrogen-bond acceptors (Lipinski definition) is 3. The van der Waals surface area contributed by atoms with E-state index in [9.17, 15) is 5.11 Å². The van der Waals surface area contributed by atoms with Gasteiger partial charge in [-0.25, -0.2) is 0 Å². The number of nitrogens with zero attached hydrogens (tertiary/aromatic N) is 1. The van der Waals surface area contributed by atoms with Crippen LogP contribution in [0.4, 0.5) is 0 Å². The smallest absolute Gasteiger partial charge is 0.119 e. The summed E-state index contributed by atoms with van der Waals surface area (Å²) in [4.78, 5) is 2.35. The molecule has 5 rings (SSSR count). The Morgan fingerprint density at radius 3 is 2.45 bits per heavy atom. The van der Waals surface area contributed by atoms with Gasteiger partial charge in [0.1, 0.15) is 11.5 Å². The third-order valence-corrected chi connectivity index (χ3v) is 6.99. The van der Waals surface area contributed by atoms with E-state index in [-0.39, 0.29) is 5.92 Å². The van der Waals surface area contributed by atoms with E-state index in [1.165, 1.54) is 35.3 Å². The Labute approximate surface area is 185 Å². The average molecular weight is 414 g/mol. The number of fused-ring (bicyclic) bond motifs is 1. The molecule has 31 heavy (non-hydrogen) atoms. The van der Waals surface area contributed by atoms with Crippen molar-refractivity contribution in [2.75, 3.05) is 26.7 Å². The number of phenolic OH excluding ortho intramolecular Hbond substituents is 1. The Morgan fingerprint density at radius 1 is 0.935 bits per heavy atom. The molecule has 0 bridgehead atoms. The second-order valence-corrected chi connectivity index (χ2v) is 9.21. The number of aryl methyl sites for hydroxylation is 1. The minimum Gasteiger partial charge on any atom is -0.508 e. The summed E-state index contributed by atoms with van der Waals surface area (Å²) in [7, 11) is 2.17. The molecule has 0 unspecified atom stereocenters. The van der Waals surface area contributed by atoms with Crippen LogP contribution in [0.1, 0.15) is 46.9 Å². The molecule has 0 radical (unpaired) electrons. The first-order chi connectivity index (χ1) is 15.2. The van der Waals surface area contributed by atoms with E-state index in [0.717, 1.165) is 37.5 Å². The molecule has 0 amide bonds. The minimum absolute atomic E-state index is 0.284. The van der Waals surface area contributed by atoms with E-state index >= 15 is 0 Å². The number of ether oxygens (including phenoxy) is 1. The van der Waals surface area contributed by atoms with Crippen molar-refractivity contribution in [3.63, 3.8) is 0 Å². The molecule has 3 aromatic carbocycles. The predicted octanol–water partition coefficient (Wildman–Crippen LogP) is 5.58. The molecule has 160 valence electrons. The van der Waals surface area contributed by atoms with Gasteiger partial charge in [-0.3, -0.25) is 0 Å². The highest BCUT2D eigenvalue weighted by atomic mass is 16.5. The summed E-state index contributed by atoms with van der Waals surface area (Å²) in [5.41, 5.74) is 5.30. The average Bonchev–Trinajstić information content (AvgIpc) is 2.78. The topological polar surface area (TPSA) is 32.7 Å². The largest absolute Gasteiger partial charge is 0.508 e. The molecule has 1 aliphatic heterocycles. The first-order valence-electron chi connectivity index (χ1n) is 11.5. The van der Waals surface area contributed by atoms with Gasteiger partial charge < -0.3 is 14.7 Å². The van der Waals surface area contributed by atoms with Crippen molar-refractivity contribution in [1.82, 2.24) is 4.90 Å². The van der Waals surface area contributed by atoms with Crippen LogP contribution >= 0.6 is 0 Å².